The molecule has 2 aliphatic heterocycles. The highest BCUT2D eigenvalue weighted by Gasteiger charge is 2.35. The number of rotatable bonds is 6. The molecule has 0 saturated carbocycles. The SMILES string of the molecule is COC(=O)CC(c1cc(F)c(F)c(F)c1)c1oc(CN2CC3CC(C2)c2cccc(=O)n2C3)cc(=O)c1O. The minimum Gasteiger partial charge on any atom is -0.502 e. The summed E-state index contributed by atoms with van der Waals surface area (Å²) in [5, 5.41) is 10.5. The van der Waals surface area contributed by atoms with Gasteiger partial charge in [0.25, 0.3) is 5.56 Å². The number of esters is 1. The van der Waals surface area contributed by atoms with Crippen molar-refractivity contribution in [2.45, 2.75) is 37.8 Å². The van der Waals surface area contributed by atoms with Gasteiger partial charge in [-0.05, 0) is 36.1 Å². The van der Waals surface area contributed by atoms with Gasteiger partial charge in [-0.15, -0.1) is 0 Å². The highest BCUT2D eigenvalue weighted by atomic mass is 19.2. The molecule has 1 aromatic carbocycles. The summed E-state index contributed by atoms with van der Waals surface area (Å²) in [5.74, 6) is -7.51. The molecule has 5 rings (SSSR count). The lowest BCUT2D eigenvalue weighted by molar-refractivity contribution is -0.140. The van der Waals surface area contributed by atoms with Crippen LogP contribution in [0.4, 0.5) is 13.2 Å². The number of likely N-dealkylation sites (tertiary alicyclic amines) is 1. The summed E-state index contributed by atoms with van der Waals surface area (Å²) in [4.78, 5) is 39.2. The number of halogens is 3. The zero-order valence-corrected chi connectivity index (χ0v) is 20.5. The average molecular weight is 530 g/mol. The number of piperidine rings is 1. The first-order chi connectivity index (χ1) is 18.1. The maximum Gasteiger partial charge on any atom is 0.306 e. The molecule has 0 aliphatic carbocycles. The lowest BCUT2D eigenvalue weighted by atomic mass is 9.83. The number of carbonyl (C=O) groups is 1. The number of benzene rings is 1. The number of pyridine rings is 1. The van der Waals surface area contributed by atoms with Gasteiger partial charge in [0.2, 0.25) is 11.2 Å². The Morgan fingerprint density at radius 1 is 1.13 bits per heavy atom. The minimum atomic E-state index is -1.69. The highest BCUT2D eigenvalue weighted by Crippen LogP contribution is 2.37. The molecule has 4 heterocycles. The number of hydrogen-bond donors (Lipinski definition) is 1. The third-order valence-electron chi connectivity index (χ3n) is 7.26. The topological polar surface area (TPSA) is 102 Å². The number of aromatic hydroxyl groups is 1. The van der Waals surface area contributed by atoms with Crippen LogP contribution in [0.25, 0.3) is 0 Å². The Morgan fingerprint density at radius 3 is 2.58 bits per heavy atom. The molecule has 3 unspecified atom stereocenters. The Bertz CT molecular complexity index is 1490. The molecule has 0 spiro atoms. The van der Waals surface area contributed by atoms with E-state index < -0.39 is 46.9 Å². The number of fused-ring (bicyclic) bond motifs is 4. The van der Waals surface area contributed by atoms with E-state index in [0.29, 0.717) is 31.8 Å². The Balaban J connectivity index is 1.48. The second-order valence-corrected chi connectivity index (χ2v) is 9.81. The summed E-state index contributed by atoms with van der Waals surface area (Å²) >= 11 is 0. The second kappa shape index (κ2) is 10.1. The molecule has 2 aliphatic rings. The zero-order valence-electron chi connectivity index (χ0n) is 20.5. The van der Waals surface area contributed by atoms with Gasteiger partial charge in [0.1, 0.15) is 5.76 Å². The molecule has 1 N–H and O–H groups in total. The largest absolute Gasteiger partial charge is 0.502 e. The quantitative estimate of drug-likeness (QED) is 0.386. The molecule has 1 fully saturated rings. The van der Waals surface area contributed by atoms with Gasteiger partial charge in [0, 0.05) is 43.4 Å². The van der Waals surface area contributed by atoms with Crippen molar-refractivity contribution in [2.75, 3.05) is 20.2 Å². The van der Waals surface area contributed by atoms with Crippen LogP contribution in [-0.4, -0.2) is 40.7 Å². The normalized spacial score (nSPS) is 19.6. The van der Waals surface area contributed by atoms with Crippen LogP contribution >= 0.6 is 0 Å². The molecule has 0 amide bonds. The van der Waals surface area contributed by atoms with Gasteiger partial charge in [-0.25, -0.2) is 13.2 Å². The molecule has 8 nitrogen and oxygen atoms in total. The van der Waals surface area contributed by atoms with Crippen molar-refractivity contribution in [1.82, 2.24) is 9.47 Å². The van der Waals surface area contributed by atoms with Crippen LogP contribution in [0.2, 0.25) is 0 Å². The standard InChI is InChI=1S/C27H25F3N2O6/c1-37-24(35)9-18(15-6-19(28)25(30)20(29)7-15)27-26(36)22(33)8-17(38-27)13-31-10-14-5-16(12-31)21-3-2-4-23(34)32(21)11-14/h2-4,6-8,14,16,18,36H,5,9-13H2,1H3. The van der Waals surface area contributed by atoms with Gasteiger partial charge in [-0.3, -0.25) is 19.3 Å². The monoisotopic (exact) mass is 530 g/mol. The van der Waals surface area contributed by atoms with Crippen LogP contribution < -0.4 is 11.0 Å². The maximum absolute atomic E-state index is 14.0. The van der Waals surface area contributed by atoms with Gasteiger partial charge in [-0.1, -0.05) is 6.07 Å². The van der Waals surface area contributed by atoms with Gasteiger partial charge >= 0.3 is 5.97 Å². The van der Waals surface area contributed by atoms with Crippen LogP contribution in [0, 0.1) is 23.4 Å². The van der Waals surface area contributed by atoms with Crippen molar-refractivity contribution in [3.63, 3.8) is 0 Å². The van der Waals surface area contributed by atoms with Crippen molar-refractivity contribution >= 4 is 5.97 Å². The predicted octanol–water partition coefficient (Wildman–Crippen LogP) is 3.24. The third-order valence-corrected chi connectivity index (χ3v) is 7.26. The van der Waals surface area contributed by atoms with E-state index in [2.05, 4.69) is 9.64 Å². The van der Waals surface area contributed by atoms with E-state index in [9.17, 15) is 32.7 Å². The van der Waals surface area contributed by atoms with Gasteiger partial charge < -0.3 is 18.8 Å². The molecule has 11 heteroatoms. The molecule has 1 saturated heterocycles. The molecule has 3 atom stereocenters. The second-order valence-electron chi connectivity index (χ2n) is 9.81. The summed E-state index contributed by atoms with van der Waals surface area (Å²) in [5.41, 5.74) is -0.0971. The van der Waals surface area contributed by atoms with E-state index in [0.717, 1.165) is 25.3 Å². The van der Waals surface area contributed by atoms with Crippen molar-refractivity contribution in [3.8, 4) is 5.75 Å². The fraction of sp³-hybridized carbons (Fsp3) is 0.370. The van der Waals surface area contributed by atoms with Gasteiger partial charge in [0.15, 0.2) is 23.2 Å². The summed E-state index contributed by atoms with van der Waals surface area (Å²) in [6.07, 6.45) is 0.397. The lowest BCUT2D eigenvalue weighted by Crippen LogP contribution is -2.46. The summed E-state index contributed by atoms with van der Waals surface area (Å²) in [7, 11) is 1.11. The van der Waals surface area contributed by atoms with Crippen LogP contribution in [0.1, 0.15) is 47.5 Å². The first-order valence-electron chi connectivity index (χ1n) is 12.1. The van der Waals surface area contributed by atoms with Crippen molar-refractivity contribution < 1.29 is 32.2 Å². The molecular weight excluding hydrogens is 505 g/mol. The van der Waals surface area contributed by atoms with E-state index >= 15 is 0 Å². The summed E-state index contributed by atoms with van der Waals surface area (Å²) < 4.78 is 54.0. The first-order valence-corrected chi connectivity index (χ1v) is 12.1. The van der Waals surface area contributed by atoms with E-state index in [-0.39, 0.29) is 41.0 Å². The molecular formula is C27H25F3N2O6. The average Bonchev–Trinajstić information content (AvgIpc) is 2.88. The van der Waals surface area contributed by atoms with E-state index in [1.807, 2.05) is 6.07 Å². The molecule has 38 heavy (non-hydrogen) atoms. The number of nitrogens with zero attached hydrogens (tertiary/aromatic N) is 2. The summed E-state index contributed by atoms with van der Waals surface area (Å²) in [6, 6.07) is 7.71. The molecule has 0 radical (unpaired) electrons. The lowest BCUT2D eigenvalue weighted by Gasteiger charge is -2.42. The smallest absolute Gasteiger partial charge is 0.306 e. The van der Waals surface area contributed by atoms with Crippen LogP contribution in [-0.2, 0) is 22.6 Å². The number of carbonyl (C=O) groups excluding carboxylic acids is 1. The number of methoxy groups -OCH3 is 1. The van der Waals surface area contributed by atoms with Crippen molar-refractivity contribution in [1.29, 1.82) is 0 Å². The zero-order chi connectivity index (χ0) is 27.1. The van der Waals surface area contributed by atoms with Crippen LogP contribution in [0.5, 0.6) is 5.75 Å². The predicted molar refractivity (Wildman–Crippen MR) is 128 cm³/mol. The van der Waals surface area contributed by atoms with Crippen molar-refractivity contribution in [2.24, 2.45) is 5.92 Å². The molecule has 200 valence electrons. The van der Waals surface area contributed by atoms with Crippen LogP contribution in [0.15, 0.2) is 50.4 Å². The number of aromatic nitrogens is 1. The molecule has 2 aromatic heterocycles. The Labute approximate surface area is 214 Å². The Morgan fingerprint density at radius 2 is 1.87 bits per heavy atom. The van der Waals surface area contributed by atoms with Crippen LogP contribution in [0.3, 0.4) is 0 Å². The molecule has 2 bridgehead atoms. The van der Waals surface area contributed by atoms with Gasteiger partial charge in [0.05, 0.1) is 26.0 Å². The minimum absolute atomic E-state index is 0.0369. The first kappa shape index (κ1) is 25.8. The Kier molecular flexibility index (Phi) is 6.87. The third kappa shape index (κ3) is 4.85. The fourth-order valence-corrected chi connectivity index (χ4v) is 5.60. The fourth-order valence-electron chi connectivity index (χ4n) is 5.60. The van der Waals surface area contributed by atoms with Gasteiger partial charge in [-0.2, -0.15) is 0 Å². The number of ether oxygens (including phenoxy) is 1. The highest BCUT2D eigenvalue weighted by molar-refractivity contribution is 5.71. The van der Waals surface area contributed by atoms with E-state index in [1.54, 1.807) is 16.7 Å². The Hall–Kier alpha value is -3.86. The van der Waals surface area contributed by atoms with Crippen molar-refractivity contribution in [3.05, 3.63) is 97.2 Å². The number of hydrogen-bond acceptors (Lipinski definition) is 7. The summed E-state index contributed by atoms with van der Waals surface area (Å²) in [6.45, 7) is 2.00. The van der Waals surface area contributed by atoms with E-state index in [1.165, 1.54) is 0 Å². The van der Waals surface area contributed by atoms with E-state index in [4.69, 9.17) is 4.42 Å². The molecule has 3 aromatic rings. The maximum atomic E-state index is 14.0.